The highest BCUT2D eigenvalue weighted by Gasteiger charge is 2.18. The van der Waals surface area contributed by atoms with Crippen molar-refractivity contribution in [3.8, 4) is 0 Å². The number of anilines is 1. The van der Waals surface area contributed by atoms with E-state index in [9.17, 15) is 14.4 Å². The first-order chi connectivity index (χ1) is 12.0. The first kappa shape index (κ1) is 16.8. The Morgan fingerprint density at radius 3 is 2.92 bits per heavy atom. The first-order valence-electron chi connectivity index (χ1n) is 7.95. The molecular weight excluding hydrogens is 324 g/mol. The predicted molar refractivity (Wildman–Crippen MR) is 88.9 cm³/mol. The van der Waals surface area contributed by atoms with Gasteiger partial charge < -0.3 is 19.8 Å². The lowest BCUT2D eigenvalue weighted by atomic mass is 10.0. The van der Waals surface area contributed by atoms with Gasteiger partial charge in [0.15, 0.2) is 6.61 Å². The van der Waals surface area contributed by atoms with Crippen molar-refractivity contribution in [3.05, 3.63) is 53.5 Å². The van der Waals surface area contributed by atoms with Gasteiger partial charge in [0, 0.05) is 12.1 Å². The lowest BCUT2D eigenvalue weighted by Gasteiger charge is -2.17. The number of carbonyl (C=O) groups excluding carboxylic acids is 3. The van der Waals surface area contributed by atoms with E-state index < -0.39 is 11.9 Å². The molecule has 0 fully saturated rings. The van der Waals surface area contributed by atoms with Gasteiger partial charge in [-0.05, 0) is 49.2 Å². The SMILES string of the molecule is CC(NC(=O)COC(=O)c1ccc2c(c1)CCC(=O)N2)c1ccco1. The summed E-state index contributed by atoms with van der Waals surface area (Å²) in [5.74, 6) is -0.412. The molecule has 0 saturated heterocycles. The van der Waals surface area contributed by atoms with Gasteiger partial charge in [-0.1, -0.05) is 0 Å². The Balaban J connectivity index is 1.54. The summed E-state index contributed by atoms with van der Waals surface area (Å²) in [5.41, 5.74) is 1.93. The van der Waals surface area contributed by atoms with E-state index in [-0.39, 0.29) is 18.6 Å². The molecule has 7 heteroatoms. The average molecular weight is 342 g/mol. The van der Waals surface area contributed by atoms with Crippen molar-refractivity contribution in [2.24, 2.45) is 0 Å². The molecular formula is C18H18N2O5. The second-order valence-electron chi connectivity index (χ2n) is 5.80. The summed E-state index contributed by atoms with van der Waals surface area (Å²) >= 11 is 0. The van der Waals surface area contributed by atoms with E-state index in [4.69, 9.17) is 9.15 Å². The molecule has 1 aliphatic heterocycles. The molecule has 1 atom stereocenters. The highest BCUT2D eigenvalue weighted by molar-refractivity contribution is 5.96. The van der Waals surface area contributed by atoms with Crippen LogP contribution in [0.3, 0.4) is 0 Å². The van der Waals surface area contributed by atoms with E-state index in [1.54, 1.807) is 37.3 Å². The van der Waals surface area contributed by atoms with E-state index in [0.717, 1.165) is 5.56 Å². The van der Waals surface area contributed by atoms with E-state index in [1.807, 2.05) is 0 Å². The molecule has 7 nitrogen and oxygen atoms in total. The van der Waals surface area contributed by atoms with Crippen molar-refractivity contribution in [1.82, 2.24) is 5.32 Å². The lowest BCUT2D eigenvalue weighted by molar-refractivity contribution is -0.125. The second-order valence-corrected chi connectivity index (χ2v) is 5.80. The van der Waals surface area contributed by atoms with Crippen LogP contribution in [0, 0.1) is 0 Å². The van der Waals surface area contributed by atoms with Gasteiger partial charge in [0.05, 0.1) is 17.9 Å². The van der Waals surface area contributed by atoms with Crippen molar-refractivity contribution < 1.29 is 23.5 Å². The van der Waals surface area contributed by atoms with Gasteiger partial charge in [-0.2, -0.15) is 0 Å². The number of furan rings is 1. The molecule has 1 aromatic heterocycles. The molecule has 25 heavy (non-hydrogen) atoms. The molecule has 2 aromatic rings. The molecule has 130 valence electrons. The van der Waals surface area contributed by atoms with Crippen LogP contribution < -0.4 is 10.6 Å². The summed E-state index contributed by atoms with van der Waals surface area (Å²) in [6, 6.07) is 8.09. The number of esters is 1. The fourth-order valence-electron chi connectivity index (χ4n) is 2.62. The zero-order valence-corrected chi connectivity index (χ0v) is 13.7. The van der Waals surface area contributed by atoms with Crippen LogP contribution in [-0.4, -0.2) is 24.4 Å². The molecule has 0 bridgehead atoms. The molecule has 0 spiro atoms. The summed E-state index contributed by atoms with van der Waals surface area (Å²) in [7, 11) is 0. The van der Waals surface area contributed by atoms with Gasteiger partial charge in [0.1, 0.15) is 5.76 Å². The van der Waals surface area contributed by atoms with Gasteiger partial charge in [0.2, 0.25) is 5.91 Å². The van der Waals surface area contributed by atoms with E-state index in [2.05, 4.69) is 10.6 Å². The Morgan fingerprint density at radius 2 is 2.16 bits per heavy atom. The topological polar surface area (TPSA) is 97.6 Å². The van der Waals surface area contributed by atoms with Crippen LogP contribution in [0.5, 0.6) is 0 Å². The van der Waals surface area contributed by atoms with Crippen molar-refractivity contribution in [3.63, 3.8) is 0 Å². The summed E-state index contributed by atoms with van der Waals surface area (Å²) in [5, 5.41) is 5.43. The van der Waals surface area contributed by atoms with Gasteiger partial charge in [-0.3, -0.25) is 9.59 Å². The number of rotatable bonds is 5. The van der Waals surface area contributed by atoms with Crippen LogP contribution in [-0.2, 0) is 20.7 Å². The monoisotopic (exact) mass is 342 g/mol. The number of ether oxygens (including phenoxy) is 1. The summed E-state index contributed by atoms with van der Waals surface area (Å²) < 4.78 is 10.3. The minimum atomic E-state index is -0.583. The van der Waals surface area contributed by atoms with Crippen molar-refractivity contribution >= 4 is 23.5 Å². The first-order valence-corrected chi connectivity index (χ1v) is 7.95. The largest absolute Gasteiger partial charge is 0.467 e. The fraction of sp³-hybridized carbons (Fsp3) is 0.278. The molecule has 3 rings (SSSR count). The molecule has 0 radical (unpaired) electrons. The van der Waals surface area contributed by atoms with Crippen LogP contribution >= 0.6 is 0 Å². The Kier molecular flexibility index (Phi) is 4.83. The number of hydrogen-bond donors (Lipinski definition) is 2. The van der Waals surface area contributed by atoms with E-state index in [0.29, 0.717) is 29.9 Å². The second kappa shape index (κ2) is 7.21. The summed E-state index contributed by atoms with van der Waals surface area (Å²) in [4.78, 5) is 35.3. The number of carbonyl (C=O) groups is 3. The zero-order chi connectivity index (χ0) is 17.8. The number of aryl methyl sites for hydroxylation is 1. The Labute approximate surface area is 144 Å². The Bertz CT molecular complexity index is 798. The molecule has 1 unspecified atom stereocenters. The summed E-state index contributed by atoms with van der Waals surface area (Å²) in [6.45, 7) is 1.40. The third-order valence-corrected chi connectivity index (χ3v) is 3.92. The zero-order valence-electron chi connectivity index (χ0n) is 13.7. The lowest BCUT2D eigenvalue weighted by Crippen LogP contribution is -2.31. The van der Waals surface area contributed by atoms with Crippen LogP contribution in [0.15, 0.2) is 41.0 Å². The maximum Gasteiger partial charge on any atom is 0.338 e. The Morgan fingerprint density at radius 1 is 1.32 bits per heavy atom. The van der Waals surface area contributed by atoms with E-state index in [1.165, 1.54) is 6.26 Å². The summed E-state index contributed by atoms with van der Waals surface area (Å²) in [6.07, 6.45) is 2.48. The fourth-order valence-corrected chi connectivity index (χ4v) is 2.62. The highest BCUT2D eigenvalue weighted by atomic mass is 16.5. The minimum Gasteiger partial charge on any atom is -0.467 e. The molecule has 2 heterocycles. The molecule has 2 amide bonds. The number of fused-ring (bicyclic) bond motifs is 1. The van der Waals surface area contributed by atoms with Crippen molar-refractivity contribution in [1.29, 1.82) is 0 Å². The smallest absolute Gasteiger partial charge is 0.338 e. The third kappa shape index (κ3) is 4.06. The number of benzene rings is 1. The Hall–Kier alpha value is -3.09. The molecule has 0 saturated carbocycles. The van der Waals surface area contributed by atoms with Crippen molar-refractivity contribution in [2.75, 3.05) is 11.9 Å². The maximum absolute atomic E-state index is 12.1. The number of nitrogens with one attached hydrogen (secondary N) is 2. The number of amides is 2. The molecule has 1 aliphatic rings. The normalized spacial score (nSPS) is 14.2. The third-order valence-electron chi connectivity index (χ3n) is 3.92. The standard InChI is InChI=1S/C18H18N2O5/c1-11(15-3-2-8-24-15)19-17(22)10-25-18(23)13-4-6-14-12(9-13)5-7-16(21)20-14/h2-4,6,8-9,11H,5,7,10H2,1H3,(H,19,22)(H,20,21). The van der Waals surface area contributed by atoms with Crippen LogP contribution in [0.4, 0.5) is 5.69 Å². The number of hydrogen-bond acceptors (Lipinski definition) is 5. The quantitative estimate of drug-likeness (QED) is 0.812. The molecule has 2 N–H and O–H groups in total. The molecule has 1 aromatic carbocycles. The van der Waals surface area contributed by atoms with Crippen molar-refractivity contribution in [2.45, 2.75) is 25.8 Å². The van der Waals surface area contributed by atoms with Crippen LogP contribution in [0.1, 0.15) is 41.1 Å². The van der Waals surface area contributed by atoms with Gasteiger partial charge in [-0.15, -0.1) is 0 Å². The predicted octanol–water partition coefficient (Wildman–Crippen LogP) is 2.20. The maximum atomic E-state index is 12.1. The van der Waals surface area contributed by atoms with Gasteiger partial charge >= 0.3 is 5.97 Å². The van der Waals surface area contributed by atoms with Gasteiger partial charge in [-0.25, -0.2) is 4.79 Å². The van der Waals surface area contributed by atoms with Crippen LogP contribution in [0.2, 0.25) is 0 Å². The van der Waals surface area contributed by atoms with E-state index >= 15 is 0 Å². The highest BCUT2D eigenvalue weighted by Crippen LogP contribution is 2.23. The molecule has 0 aliphatic carbocycles. The van der Waals surface area contributed by atoms with Crippen LogP contribution in [0.25, 0.3) is 0 Å². The minimum absolute atomic E-state index is 0.0369. The average Bonchev–Trinajstić information content (AvgIpc) is 3.14. The van der Waals surface area contributed by atoms with Gasteiger partial charge in [0.25, 0.3) is 5.91 Å².